The normalized spacial score (nSPS) is 13.9. The number of anilines is 1. The van der Waals surface area contributed by atoms with Crippen molar-refractivity contribution in [2.75, 3.05) is 18.4 Å². The van der Waals surface area contributed by atoms with Crippen LogP contribution < -0.4 is 10.6 Å². The van der Waals surface area contributed by atoms with Gasteiger partial charge in [0.05, 0.1) is 6.54 Å². The third-order valence-electron chi connectivity index (χ3n) is 5.90. The highest BCUT2D eigenvalue weighted by Crippen LogP contribution is 2.29. The fourth-order valence-corrected chi connectivity index (χ4v) is 7.02. The lowest BCUT2D eigenvalue weighted by Crippen LogP contribution is -2.37. The molecule has 2 N–H and O–H groups in total. The zero-order chi connectivity index (χ0) is 24.5. The number of amides is 2. The zero-order valence-electron chi connectivity index (χ0n) is 19.3. The van der Waals surface area contributed by atoms with E-state index in [-0.39, 0.29) is 28.8 Å². The number of fused-ring (bicyclic) bond motifs is 1. The maximum absolute atomic E-state index is 13.3. The Morgan fingerprint density at radius 3 is 2.41 bits per heavy atom. The molecule has 34 heavy (non-hydrogen) atoms. The van der Waals surface area contributed by atoms with E-state index >= 15 is 0 Å². The molecule has 2 aromatic carbocycles. The van der Waals surface area contributed by atoms with Gasteiger partial charge in [-0.2, -0.15) is 4.31 Å². The average molecular weight is 498 g/mol. The number of carbonyl (C=O) groups excluding carboxylic acids is 2. The molecule has 0 saturated carbocycles. The summed E-state index contributed by atoms with van der Waals surface area (Å²) in [5.41, 5.74) is 5.80. The van der Waals surface area contributed by atoms with E-state index < -0.39 is 15.9 Å². The summed E-state index contributed by atoms with van der Waals surface area (Å²) >= 11 is 1.05. The molecule has 0 unspecified atom stereocenters. The zero-order valence-corrected chi connectivity index (χ0v) is 21.0. The van der Waals surface area contributed by atoms with Gasteiger partial charge in [0.2, 0.25) is 15.9 Å². The Morgan fingerprint density at radius 2 is 1.71 bits per heavy atom. The van der Waals surface area contributed by atoms with Crippen LogP contribution in [0.1, 0.15) is 37.5 Å². The summed E-state index contributed by atoms with van der Waals surface area (Å²) < 4.78 is 28.1. The molecule has 0 radical (unpaired) electrons. The number of nitrogens with zero attached hydrogens (tertiary/aromatic N) is 1. The Hall–Kier alpha value is -3.01. The molecule has 0 saturated heterocycles. The predicted molar refractivity (Wildman–Crippen MR) is 134 cm³/mol. The summed E-state index contributed by atoms with van der Waals surface area (Å²) in [6, 6.07) is 13.2. The summed E-state index contributed by atoms with van der Waals surface area (Å²) in [5, 5.41) is 6.98. The predicted octanol–water partition coefficient (Wildman–Crippen LogP) is 3.79. The molecule has 1 aromatic heterocycles. The summed E-state index contributed by atoms with van der Waals surface area (Å²) in [7, 11) is -3.86. The number of benzene rings is 2. The number of aryl methyl sites for hydroxylation is 3. The minimum atomic E-state index is -3.86. The topological polar surface area (TPSA) is 95.6 Å². The summed E-state index contributed by atoms with van der Waals surface area (Å²) in [6.45, 7) is 6.17. The van der Waals surface area contributed by atoms with Crippen LogP contribution in [0, 0.1) is 20.8 Å². The highest BCUT2D eigenvalue weighted by Gasteiger charge is 2.32. The van der Waals surface area contributed by atoms with Gasteiger partial charge in [0, 0.05) is 18.8 Å². The Kier molecular flexibility index (Phi) is 6.88. The standard InChI is InChI=1S/C25H27N3O4S2/c1-16-12-17(2)23(18(3)13-16)27-22(29)14-26-25(30)24-21(9-11-33-24)34(31,32)28-10-8-19-6-4-5-7-20(19)15-28/h4-7,9,11-13H,8,10,14-15H2,1-3H3,(H,26,30)(H,27,29). The fraction of sp³-hybridized carbons (Fsp3) is 0.280. The van der Waals surface area contributed by atoms with E-state index in [1.54, 1.807) is 5.38 Å². The van der Waals surface area contributed by atoms with E-state index in [1.165, 1.54) is 10.4 Å². The minimum absolute atomic E-state index is 0.0278. The fourth-order valence-electron chi connectivity index (χ4n) is 4.28. The van der Waals surface area contributed by atoms with Gasteiger partial charge in [-0.15, -0.1) is 11.3 Å². The molecule has 0 aliphatic carbocycles. The maximum atomic E-state index is 13.3. The first-order valence-corrected chi connectivity index (χ1v) is 13.3. The van der Waals surface area contributed by atoms with Gasteiger partial charge in [-0.25, -0.2) is 8.42 Å². The number of hydrogen-bond donors (Lipinski definition) is 2. The van der Waals surface area contributed by atoms with Gasteiger partial charge in [0.15, 0.2) is 0 Å². The number of rotatable bonds is 6. The van der Waals surface area contributed by atoms with Gasteiger partial charge in [-0.05, 0) is 60.9 Å². The lowest BCUT2D eigenvalue weighted by Gasteiger charge is -2.28. The highest BCUT2D eigenvalue weighted by molar-refractivity contribution is 7.89. The Morgan fingerprint density at radius 1 is 1.03 bits per heavy atom. The van der Waals surface area contributed by atoms with Crippen LogP contribution in [0.4, 0.5) is 5.69 Å². The first kappa shape index (κ1) is 24.1. The summed E-state index contributed by atoms with van der Waals surface area (Å²) in [6.07, 6.45) is 0.624. The van der Waals surface area contributed by atoms with Gasteiger partial charge < -0.3 is 10.6 Å². The number of carbonyl (C=O) groups is 2. The van der Waals surface area contributed by atoms with Gasteiger partial charge in [0.1, 0.15) is 9.77 Å². The summed E-state index contributed by atoms with van der Waals surface area (Å²) in [4.78, 5) is 25.3. The van der Waals surface area contributed by atoms with Crippen molar-refractivity contribution in [3.05, 3.63) is 80.5 Å². The lowest BCUT2D eigenvalue weighted by atomic mass is 10.0. The largest absolute Gasteiger partial charge is 0.342 e. The van der Waals surface area contributed by atoms with E-state index in [4.69, 9.17) is 0 Å². The van der Waals surface area contributed by atoms with Gasteiger partial charge in [-0.1, -0.05) is 42.0 Å². The van der Waals surface area contributed by atoms with Crippen molar-refractivity contribution in [1.82, 2.24) is 9.62 Å². The first-order chi connectivity index (χ1) is 16.2. The van der Waals surface area contributed by atoms with E-state index in [2.05, 4.69) is 10.6 Å². The number of sulfonamides is 1. The van der Waals surface area contributed by atoms with Crippen molar-refractivity contribution in [2.24, 2.45) is 0 Å². The first-order valence-electron chi connectivity index (χ1n) is 11.0. The maximum Gasteiger partial charge on any atom is 0.263 e. The van der Waals surface area contributed by atoms with Crippen molar-refractivity contribution in [1.29, 1.82) is 0 Å². The van der Waals surface area contributed by atoms with Crippen molar-refractivity contribution < 1.29 is 18.0 Å². The van der Waals surface area contributed by atoms with Crippen LogP contribution >= 0.6 is 11.3 Å². The number of thiophene rings is 1. The minimum Gasteiger partial charge on any atom is -0.342 e. The van der Waals surface area contributed by atoms with E-state index in [9.17, 15) is 18.0 Å². The molecule has 4 rings (SSSR count). The molecular weight excluding hydrogens is 470 g/mol. The Bertz CT molecular complexity index is 1340. The molecule has 2 heterocycles. The van der Waals surface area contributed by atoms with Crippen LogP contribution in [0.5, 0.6) is 0 Å². The molecule has 9 heteroatoms. The molecule has 0 bridgehead atoms. The molecule has 0 atom stereocenters. The molecule has 2 amide bonds. The monoisotopic (exact) mass is 497 g/mol. The molecule has 0 fully saturated rings. The second-order valence-corrected chi connectivity index (χ2v) is 11.3. The molecule has 7 nitrogen and oxygen atoms in total. The van der Waals surface area contributed by atoms with Crippen LogP contribution in [0.15, 0.2) is 52.7 Å². The van der Waals surface area contributed by atoms with Crippen molar-refractivity contribution >= 4 is 38.9 Å². The molecule has 178 valence electrons. The molecule has 0 spiro atoms. The van der Waals surface area contributed by atoms with Crippen molar-refractivity contribution in [3.8, 4) is 0 Å². The number of hydrogen-bond acceptors (Lipinski definition) is 5. The average Bonchev–Trinajstić information content (AvgIpc) is 3.30. The SMILES string of the molecule is Cc1cc(C)c(NC(=O)CNC(=O)c2sccc2S(=O)(=O)N2CCc3ccccc3C2)c(C)c1. The Labute approximate surface area is 203 Å². The van der Waals surface area contributed by atoms with Crippen LogP contribution in [0.25, 0.3) is 0 Å². The van der Waals surface area contributed by atoms with Crippen LogP contribution in [-0.4, -0.2) is 37.6 Å². The van der Waals surface area contributed by atoms with Crippen LogP contribution in [0.2, 0.25) is 0 Å². The summed E-state index contributed by atoms with van der Waals surface area (Å²) in [5.74, 6) is -0.963. The van der Waals surface area contributed by atoms with E-state index in [0.29, 0.717) is 13.0 Å². The third-order valence-corrected chi connectivity index (χ3v) is 8.83. The van der Waals surface area contributed by atoms with Gasteiger partial charge in [0.25, 0.3) is 5.91 Å². The van der Waals surface area contributed by atoms with Crippen LogP contribution in [0.3, 0.4) is 0 Å². The molecule has 3 aromatic rings. The molecular formula is C25H27N3O4S2. The second-order valence-electron chi connectivity index (χ2n) is 8.48. The smallest absolute Gasteiger partial charge is 0.263 e. The Balaban J connectivity index is 1.44. The second kappa shape index (κ2) is 9.69. The van der Waals surface area contributed by atoms with Crippen LogP contribution in [-0.2, 0) is 27.8 Å². The van der Waals surface area contributed by atoms with E-state index in [0.717, 1.165) is 44.8 Å². The molecule has 1 aliphatic rings. The lowest BCUT2D eigenvalue weighted by molar-refractivity contribution is -0.115. The van der Waals surface area contributed by atoms with Gasteiger partial charge in [-0.3, -0.25) is 9.59 Å². The molecule has 1 aliphatic heterocycles. The number of nitrogens with one attached hydrogen (secondary N) is 2. The van der Waals surface area contributed by atoms with Crippen molar-refractivity contribution in [2.45, 2.75) is 38.6 Å². The third kappa shape index (κ3) is 4.91. The highest BCUT2D eigenvalue weighted by atomic mass is 32.2. The van der Waals surface area contributed by atoms with Gasteiger partial charge >= 0.3 is 0 Å². The van der Waals surface area contributed by atoms with Crippen molar-refractivity contribution in [3.63, 3.8) is 0 Å². The quantitative estimate of drug-likeness (QED) is 0.542. The van der Waals surface area contributed by atoms with E-state index in [1.807, 2.05) is 57.2 Å².